The summed E-state index contributed by atoms with van der Waals surface area (Å²) in [5.41, 5.74) is 3.92. The molecular formula is C27H24ClNO2S2. The molecule has 3 aromatic rings. The van der Waals surface area contributed by atoms with Gasteiger partial charge in [0.2, 0.25) is 5.91 Å². The number of rotatable bonds is 4. The lowest BCUT2D eigenvalue weighted by Crippen LogP contribution is -2.54. The fourth-order valence-corrected chi connectivity index (χ4v) is 6.45. The van der Waals surface area contributed by atoms with Crippen molar-refractivity contribution in [3.8, 4) is 0 Å². The van der Waals surface area contributed by atoms with Gasteiger partial charge >= 0.3 is 0 Å². The summed E-state index contributed by atoms with van der Waals surface area (Å²) in [5.74, 6) is -1.45. The predicted octanol–water partition coefficient (Wildman–Crippen LogP) is 7.03. The maximum absolute atomic E-state index is 13.7. The number of nitrogens with zero attached hydrogens (tertiary/aromatic N) is 1. The van der Waals surface area contributed by atoms with E-state index in [9.17, 15) is 9.59 Å². The number of ketones is 1. The number of carbonyl (C=O) groups is 2. The Morgan fingerprint density at radius 1 is 1.00 bits per heavy atom. The van der Waals surface area contributed by atoms with E-state index in [-0.39, 0.29) is 18.1 Å². The van der Waals surface area contributed by atoms with Gasteiger partial charge in [0, 0.05) is 11.4 Å². The van der Waals surface area contributed by atoms with Gasteiger partial charge in [-0.25, -0.2) is 0 Å². The van der Waals surface area contributed by atoms with Gasteiger partial charge in [-0.05, 0) is 76.4 Å². The summed E-state index contributed by atoms with van der Waals surface area (Å²) in [6, 6.07) is 17.3. The molecular weight excluding hydrogens is 470 g/mol. The average molecular weight is 494 g/mol. The Kier molecular flexibility index (Phi) is 6.21. The van der Waals surface area contributed by atoms with E-state index in [1.807, 2.05) is 29.0 Å². The lowest BCUT2D eigenvalue weighted by atomic mass is 9.73. The van der Waals surface area contributed by atoms with Crippen LogP contribution in [0.15, 0.2) is 71.4 Å². The van der Waals surface area contributed by atoms with Crippen LogP contribution in [0.4, 0.5) is 0 Å². The van der Waals surface area contributed by atoms with Crippen LogP contribution in [0.25, 0.3) is 5.57 Å². The summed E-state index contributed by atoms with van der Waals surface area (Å²) >= 11 is 12.6. The summed E-state index contributed by atoms with van der Waals surface area (Å²) in [6.45, 7) is 0. The van der Waals surface area contributed by atoms with Crippen molar-refractivity contribution in [1.29, 1.82) is 0 Å². The molecule has 1 aromatic heterocycles. The second-order valence-corrected chi connectivity index (χ2v) is 10.3. The van der Waals surface area contributed by atoms with Crippen molar-refractivity contribution < 1.29 is 9.59 Å². The first-order valence-electron chi connectivity index (χ1n) is 11.1. The van der Waals surface area contributed by atoms with Crippen molar-refractivity contribution in [2.75, 3.05) is 0 Å². The van der Waals surface area contributed by atoms with Gasteiger partial charge in [0.1, 0.15) is 11.5 Å². The van der Waals surface area contributed by atoms with Crippen molar-refractivity contribution >= 4 is 53.0 Å². The molecule has 33 heavy (non-hydrogen) atoms. The van der Waals surface area contributed by atoms with Gasteiger partial charge in [0.05, 0.1) is 0 Å². The fraction of sp³-hybridized carbons (Fsp3) is 0.259. The van der Waals surface area contributed by atoms with Crippen molar-refractivity contribution in [1.82, 2.24) is 4.31 Å². The number of allylic oxidation sites excluding steroid dienone is 2. The van der Waals surface area contributed by atoms with Crippen LogP contribution in [0.1, 0.15) is 60.3 Å². The second-order valence-electron chi connectivity index (χ2n) is 8.67. The molecule has 5 rings (SSSR count). The summed E-state index contributed by atoms with van der Waals surface area (Å²) in [6.07, 6.45) is 7.12. The minimum atomic E-state index is -0.964. The Balaban J connectivity index is 1.58. The first kappa shape index (κ1) is 22.5. The zero-order chi connectivity index (χ0) is 23.0. The lowest BCUT2D eigenvalue weighted by molar-refractivity contribution is -0.142. The van der Waals surface area contributed by atoms with Crippen LogP contribution >= 0.6 is 35.8 Å². The minimum Gasteiger partial charge on any atom is -0.298 e. The number of benzene rings is 2. The zero-order valence-electron chi connectivity index (χ0n) is 18.0. The Morgan fingerprint density at radius 3 is 2.45 bits per heavy atom. The molecule has 2 heterocycles. The number of carbonyl (C=O) groups excluding carboxylic acids is 2. The highest BCUT2D eigenvalue weighted by Gasteiger charge is 2.52. The van der Waals surface area contributed by atoms with Crippen LogP contribution in [0.3, 0.4) is 0 Å². The van der Waals surface area contributed by atoms with Gasteiger partial charge in [0.15, 0.2) is 5.78 Å². The highest BCUT2D eigenvalue weighted by molar-refractivity contribution is 7.78. The van der Waals surface area contributed by atoms with Crippen LogP contribution in [0, 0.1) is 0 Å². The molecule has 2 atom stereocenters. The molecule has 2 aromatic carbocycles. The molecule has 0 saturated carbocycles. The smallest absolute Gasteiger partial charge is 0.248 e. The van der Waals surface area contributed by atoms with Crippen LogP contribution < -0.4 is 0 Å². The predicted molar refractivity (Wildman–Crippen MR) is 138 cm³/mol. The second kappa shape index (κ2) is 9.13. The molecule has 1 saturated heterocycles. The Morgan fingerprint density at radius 2 is 1.79 bits per heavy atom. The number of Topliss-reactive ketones (excluding diaryl/α,β-unsaturated/α-hetero) is 1. The van der Waals surface area contributed by atoms with Gasteiger partial charge in [0.25, 0.3) is 0 Å². The summed E-state index contributed by atoms with van der Waals surface area (Å²) in [4.78, 5) is 27.2. The molecule has 0 spiro atoms. The maximum Gasteiger partial charge on any atom is 0.248 e. The van der Waals surface area contributed by atoms with Crippen molar-refractivity contribution in [3.63, 3.8) is 0 Å². The van der Waals surface area contributed by atoms with E-state index in [2.05, 4.69) is 18.2 Å². The van der Waals surface area contributed by atoms with Crippen LogP contribution in [-0.4, -0.2) is 16.0 Å². The van der Waals surface area contributed by atoms with Crippen molar-refractivity contribution in [2.45, 2.75) is 43.6 Å². The molecule has 1 fully saturated rings. The largest absolute Gasteiger partial charge is 0.298 e. The van der Waals surface area contributed by atoms with E-state index in [4.69, 9.17) is 24.4 Å². The van der Waals surface area contributed by atoms with E-state index in [1.54, 1.807) is 35.6 Å². The van der Waals surface area contributed by atoms with Gasteiger partial charge in [-0.15, -0.1) is 0 Å². The van der Waals surface area contributed by atoms with Gasteiger partial charge in [-0.3, -0.25) is 13.9 Å². The molecule has 3 nitrogen and oxygen atoms in total. The van der Waals surface area contributed by atoms with Crippen LogP contribution in [0.2, 0.25) is 5.02 Å². The number of piperidine rings is 1. The normalized spacial score (nSPS) is 23.5. The fourth-order valence-electron chi connectivity index (χ4n) is 5.07. The SMILES string of the molecule is O=C1CC(c2ccc(C3=CCCCC3)cc2)(c2ccsc2)N(S)C(=O)C1c1ccccc1Cl. The number of hydrogen-bond acceptors (Lipinski definition) is 4. The van der Waals surface area contributed by atoms with Crippen LogP contribution in [0.5, 0.6) is 0 Å². The third-order valence-electron chi connectivity index (χ3n) is 6.81. The quantitative estimate of drug-likeness (QED) is 0.313. The molecule has 2 aliphatic rings. The summed E-state index contributed by atoms with van der Waals surface area (Å²) in [5, 5.41) is 4.38. The monoisotopic (exact) mass is 493 g/mol. The van der Waals surface area contributed by atoms with Gasteiger partial charge < -0.3 is 0 Å². The number of thiophene rings is 1. The first-order valence-corrected chi connectivity index (χ1v) is 12.9. The van der Waals surface area contributed by atoms with Gasteiger partial charge in [-0.1, -0.05) is 73.0 Å². The molecule has 0 N–H and O–H groups in total. The Hall–Kier alpha value is -2.34. The van der Waals surface area contributed by atoms with E-state index >= 15 is 0 Å². The number of amides is 1. The Bertz CT molecular complexity index is 1220. The molecule has 0 radical (unpaired) electrons. The first-order chi connectivity index (χ1) is 16.0. The maximum atomic E-state index is 13.7. The van der Waals surface area contributed by atoms with Crippen LogP contribution in [-0.2, 0) is 15.1 Å². The van der Waals surface area contributed by atoms with E-state index in [1.165, 1.54) is 28.3 Å². The Labute approximate surface area is 208 Å². The summed E-state index contributed by atoms with van der Waals surface area (Å²) in [7, 11) is 0. The van der Waals surface area contributed by atoms with E-state index < -0.39 is 11.5 Å². The van der Waals surface area contributed by atoms with E-state index in [0.717, 1.165) is 24.0 Å². The number of thiol groups is 1. The topological polar surface area (TPSA) is 37.4 Å². The molecule has 1 amide bonds. The minimum absolute atomic E-state index is 0.136. The third kappa shape index (κ3) is 3.86. The van der Waals surface area contributed by atoms with E-state index in [0.29, 0.717) is 10.6 Å². The lowest BCUT2D eigenvalue weighted by Gasteiger charge is -2.46. The molecule has 1 aliphatic carbocycles. The number of hydrogen-bond donors (Lipinski definition) is 1. The van der Waals surface area contributed by atoms with Crippen molar-refractivity contribution in [2.24, 2.45) is 0 Å². The zero-order valence-corrected chi connectivity index (χ0v) is 20.5. The number of halogens is 1. The third-order valence-corrected chi connectivity index (χ3v) is 8.37. The molecule has 6 heteroatoms. The molecule has 0 bridgehead atoms. The standard InChI is InChI=1S/C27H24ClNO2S2/c28-23-9-5-4-8-22(23)25-24(30)16-27(29(32)26(25)31,21-14-15-33-17-21)20-12-10-19(11-13-20)18-6-2-1-3-7-18/h4-6,8-15,17,25,32H,1-3,7,16H2. The van der Waals surface area contributed by atoms with Gasteiger partial charge in [-0.2, -0.15) is 11.3 Å². The van der Waals surface area contributed by atoms with Crippen molar-refractivity contribution in [3.05, 3.63) is 98.7 Å². The molecule has 2 unspecified atom stereocenters. The average Bonchev–Trinajstić information content (AvgIpc) is 3.39. The molecule has 168 valence electrons. The summed E-state index contributed by atoms with van der Waals surface area (Å²) < 4.78 is 1.46. The highest BCUT2D eigenvalue weighted by atomic mass is 35.5. The highest BCUT2D eigenvalue weighted by Crippen LogP contribution is 2.48. The molecule has 1 aliphatic heterocycles.